The third kappa shape index (κ3) is 4.57. The number of nitrogens with one attached hydrogen (secondary N) is 1. The molecule has 0 bridgehead atoms. The zero-order valence-corrected chi connectivity index (χ0v) is 13.6. The van der Waals surface area contributed by atoms with Crippen LogP contribution >= 0.6 is 0 Å². The molecule has 1 aliphatic rings. The molecule has 0 aromatic heterocycles. The van der Waals surface area contributed by atoms with Crippen LogP contribution in [0.3, 0.4) is 0 Å². The Bertz CT molecular complexity index is 470. The number of amides is 1. The minimum absolute atomic E-state index is 0.0660. The molecule has 1 aromatic carbocycles. The van der Waals surface area contributed by atoms with Crippen molar-refractivity contribution in [3.63, 3.8) is 0 Å². The molecule has 1 fully saturated rings. The average Bonchev–Trinajstić information content (AvgIpc) is 2.47. The number of rotatable bonds is 5. The quantitative estimate of drug-likeness (QED) is 0.903. The lowest BCUT2D eigenvalue weighted by atomic mass is 9.99. The highest BCUT2D eigenvalue weighted by Crippen LogP contribution is 2.19. The second-order valence-electron chi connectivity index (χ2n) is 6.37. The number of nitrogens with zero attached hydrogens (tertiary/aromatic N) is 1. The van der Waals surface area contributed by atoms with Gasteiger partial charge in [-0.2, -0.15) is 0 Å². The van der Waals surface area contributed by atoms with Crippen molar-refractivity contribution < 1.29 is 4.79 Å². The van der Waals surface area contributed by atoms with Crippen molar-refractivity contribution in [3.05, 3.63) is 35.4 Å². The van der Waals surface area contributed by atoms with E-state index >= 15 is 0 Å². The molecular formula is C18H28N2O. The van der Waals surface area contributed by atoms with E-state index in [1.54, 1.807) is 0 Å². The fourth-order valence-corrected chi connectivity index (χ4v) is 3.17. The molecule has 0 spiro atoms. The molecule has 116 valence electrons. The van der Waals surface area contributed by atoms with Crippen LogP contribution in [-0.2, 0) is 11.2 Å². The van der Waals surface area contributed by atoms with Crippen LogP contribution in [0.15, 0.2) is 24.3 Å². The van der Waals surface area contributed by atoms with E-state index in [-0.39, 0.29) is 11.9 Å². The van der Waals surface area contributed by atoms with E-state index < -0.39 is 0 Å². The molecule has 0 aliphatic carbocycles. The van der Waals surface area contributed by atoms with Crippen molar-refractivity contribution in [1.29, 1.82) is 0 Å². The topological polar surface area (TPSA) is 32.3 Å². The molecule has 0 saturated carbocycles. The van der Waals surface area contributed by atoms with Crippen LogP contribution in [0, 0.1) is 6.92 Å². The molecule has 1 unspecified atom stereocenters. The van der Waals surface area contributed by atoms with Crippen LogP contribution in [0.2, 0.25) is 0 Å². The van der Waals surface area contributed by atoms with Gasteiger partial charge in [0.1, 0.15) is 0 Å². The maximum Gasteiger partial charge on any atom is 0.237 e. The first kappa shape index (κ1) is 16.0. The predicted octanol–water partition coefficient (Wildman–Crippen LogP) is 2.92. The maximum absolute atomic E-state index is 12.4. The van der Waals surface area contributed by atoms with Gasteiger partial charge in [0, 0.05) is 12.6 Å². The van der Waals surface area contributed by atoms with E-state index in [1.807, 2.05) is 0 Å². The highest BCUT2D eigenvalue weighted by molar-refractivity contribution is 5.81. The van der Waals surface area contributed by atoms with Gasteiger partial charge in [-0.05, 0) is 52.1 Å². The summed E-state index contributed by atoms with van der Waals surface area (Å²) in [7, 11) is 0. The van der Waals surface area contributed by atoms with Gasteiger partial charge in [-0.25, -0.2) is 0 Å². The van der Waals surface area contributed by atoms with Crippen molar-refractivity contribution in [2.24, 2.45) is 0 Å². The maximum atomic E-state index is 12.4. The van der Waals surface area contributed by atoms with Gasteiger partial charge in [-0.1, -0.05) is 36.2 Å². The summed E-state index contributed by atoms with van der Waals surface area (Å²) in [5.74, 6) is 0.205. The van der Waals surface area contributed by atoms with Gasteiger partial charge in [-0.15, -0.1) is 0 Å². The number of carbonyl (C=O) groups excluding carboxylic acids is 1. The first-order valence-electron chi connectivity index (χ1n) is 8.17. The van der Waals surface area contributed by atoms with E-state index in [2.05, 4.69) is 55.3 Å². The van der Waals surface area contributed by atoms with E-state index in [0.29, 0.717) is 6.04 Å². The Morgan fingerprint density at radius 3 is 2.90 bits per heavy atom. The smallest absolute Gasteiger partial charge is 0.237 e. The Morgan fingerprint density at radius 2 is 2.19 bits per heavy atom. The molecule has 3 heteroatoms. The summed E-state index contributed by atoms with van der Waals surface area (Å²) in [6.07, 6.45) is 4.28. The number of carbonyl (C=O) groups is 1. The summed E-state index contributed by atoms with van der Waals surface area (Å²) in [5.41, 5.74) is 2.57. The van der Waals surface area contributed by atoms with Crippen LogP contribution in [0.25, 0.3) is 0 Å². The van der Waals surface area contributed by atoms with Gasteiger partial charge in [-0.3, -0.25) is 9.69 Å². The minimum Gasteiger partial charge on any atom is -0.354 e. The van der Waals surface area contributed by atoms with Crippen molar-refractivity contribution in [1.82, 2.24) is 10.2 Å². The van der Waals surface area contributed by atoms with Gasteiger partial charge < -0.3 is 5.32 Å². The van der Waals surface area contributed by atoms with Crippen molar-refractivity contribution in [2.45, 2.75) is 58.5 Å². The van der Waals surface area contributed by atoms with E-state index in [4.69, 9.17) is 0 Å². The van der Waals surface area contributed by atoms with Crippen molar-refractivity contribution >= 4 is 5.91 Å². The lowest BCUT2D eigenvalue weighted by Gasteiger charge is -2.37. The van der Waals surface area contributed by atoms with Gasteiger partial charge in [0.05, 0.1) is 6.04 Å². The van der Waals surface area contributed by atoms with Crippen LogP contribution in [-0.4, -0.2) is 36.0 Å². The fourth-order valence-electron chi connectivity index (χ4n) is 3.17. The second kappa shape index (κ2) is 7.60. The number of benzene rings is 1. The Labute approximate surface area is 128 Å². The predicted molar refractivity (Wildman–Crippen MR) is 87.4 cm³/mol. The second-order valence-corrected chi connectivity index (χ2v) is 6.37. The Hall–Kier alpha value is -1.35. The molecule has 1 atom stereocenters. The zero-order valence-electron chi connectivity index (χ0n) is 13.6. The lowest BCUT2D eigenvalue weighted by molar-refractivity contribution is -0.128. The number of piperidine rings is 1. The minimum atomic E-state index is 0.0660. The lowest BCUT2D eigenvalue weighted by Crippen LogP contribution is -2.52. The number of likely N-dealkylation sites (tertiary alicyclic amines) is 1. The van der Waals surface area contributed by atoms with Gasteiger partial charge >= 0.3 is 0 Å². The van der Waals surface area contributed by atoms with Crippen LogP contribution < -0.4 is 5.32 Å². The van der Waals surface area contributed by atoms with Gasteiger partial charge in [0.25, 0.3) is 0 Å². The summed E-state index contributed by atoms with van der Waals surface area (Å²) in [6.45, 7) is 8.24. The first-order chi connectivity index (χ1) is 10.1. The molecule has 1 saturated heterocycles. The van der Waals surface area contributed by atoms with Crippen molar-refractivity contribution in [2.75, 3.05) is 13.1 Å². The summed E-state index contributed by atoms with van der Waals surface area (Å²) in [5, 5.41) is 3.12. The van der Waals surface area contributed by atoms with Crippen molar-refractivity contribution in [3.8, 4) is 0 Å². The monoisotopic (exact) mass is 288 g/mol. The number of hydrogen-bond acceptors (Lipinski definition) is 2. The molecule has 1 aromatic rings. The molecule has 1 amide bonds. The summed E-state index contributed by atoms with van der Waals surface area (Å²) < 4.78 is 0. The van der Waals surface area contributed by atoms with E-state index in [1.165, 1.54) is 24.0 Å². The Kier molecular flexibility index (Phi) is 5.80. The first-order valence-corrected chi connectivity index (χ1v) is 8.17. The van der Waals surface area contributed by atoms with Crippen LogP contribution in [0.1, 0.15) is 44.2 Å². The summed E-state index contributed by atoms with van der Waals surface area (Å²) >= 11 is 0. The standard InChI is InChI=1S/C18H28N2O/c1-14(2)20-12-5-4-9-17(20)18(21)19-11-10-16-8-6-7-15(3)13-16/h6-8,13-14,17H,4-5,9-12H2,1-3H3,(H,19,21). The molecule has 2 rings (SSSR count). The summed E-state index contributed by atoms with van der Waals surface area (Å²) in [6, 6.07) is 9.00. The SMILES string of the molecule is Cc1cccc(CCNC(=O)C2CCCCN2C(C)C)c1. The fraction of sp³-hybridized carbons (Fsp3) is 0.611. The third-order valence-electron chi connectivity index (χ3n) is 4.31. The third-order valence-corrected chi connectivity index (χ3v) is 4.31. The largest absolute Gasteiger partial charge is 0.354 e. The number of hydrogen-bond donors (Lipinski definition) is 1. The number of aryl methyl sites for hydroxylation is 1. The summed E-state index contributed by atoms with van der Waals surface area (Å²) in [4.78, 5) is 14.8. The molecular weight excluding hydrogens is 260 g/mol. The van der Waals surface area contributed by atoms with Gasteiger partial charge in [0.15, 0.2) is 0 Å². The highest BCUT2D eigenvalue weighted by Gasteiger charge is 2.29. The van der Waals surface area contributed by atoms with E-state index in [9.17, 15) is 4.79 Å². The van der Waals surface area contributed by atoms with Crippen LogP contribution in [0.5, 0.6) is 0 Å². The average molecular weight is 288 g/mol. The molecule has 1 aliphatic heterocycles. The van der Waals surface area contributed by atoms with E-state index in [0.717, 1.165) is 25.9 Å². The molecule has 0 radical (unpaired) electrons. The zero-order chi connectivity index (χ0) is 15.2. The van der Waals surface area contributed by atoms with Crippen LogP contribution in [0.4, 0.5) is 0 Å². The molecule has 3 nitrogen and oxygen atoms in total. The highest BCUT2D eigenvalue weighted by atomic mass is 16.2. The Balaban J connectivity index is 1.83. The molecule has 1 N–H and O–H groups in total. The Morgan fingerprint density at radius 1 is 1.38 bits per heavy atom. The molecule has 1 heterocycles. The van der Waals surface area contributed by atoms with Gasteiger partial charge in [0.2, 0.25) is 5.91 Å². The normalized spacial score (nSPS) is 19.7. The molecule has 21 heavy (non-hydrogen) atoms.